The number of nitrogens with zero attached hydrogens (tertiary/aromatic N) is 1. The Kier molecular flexibility index (Phi) is 7.87. The molecule has 0 saturated heterocycles. The van der Waals surface area contributed by atoms with Crippen LogP contribution in [0.15, 0.2) is 0 Å². The Morgan fingerprint density at radius 2 is 1.56 bits per heavy atom. The van der Waals surface area contributed by atoms with Crippen LogP contribution in [0.25, 0.3) is 0 Å². The van der Waals surface area contributed by atoms with Gasteiger partial charge in [0.15, 0.2) is 0 Å². The van der Waals surface area contributed by atoms with Gasteiger partial charge in [-0.1, -0.05) is 20.8 Å². The summed E-state index contributed by atoms with van der Waals surface area (Å²) >= 11 is 0. The smallest absolute Gasteiger partial charge is 0.319 e. The summed E-state index contributed by atoms with van der Waals surface area (Å²) in [6, 6.07) is 0. The predicted octanol–water partition coefficient (Wildman–Crippen LogP) is 3.29. The highest BCUT2D eigenvalue weighted by molar-refractivity contribution is 4.83. The van der Waals surface area contributed by atoms with Crippen molar-refractivity contribution < 1.29 is 13.2 Å². The molecule has 0 spiro atoms. The summed E-state index contributed by atoms with van der Waals surface area (Å²) in [5, 5.41) is 3.11. The van der Waals surface area contributed by atoms with E-state index in [1.54, 1.807) is 4.90 Å². The van der Waals surface area contributed by atoms with Crippen molar-refractivity contribution in [3.8, 4) is 0 Å². The maximum Gasteiger partial charge on any atom is 0.401 e. The van der Waals surface area contributed by atoms with E-state index in [0.29, 0.717) is 13.1 Å². The van der Waals surface area contributed by atoms with E-state index in [2.05, 4.69) is 19.2 Å². The van der Waals surface area contributed by atoms with Gasteiger partial charge in [-0.05, 0) is 38.3 Å². The van der Waals surface area contributed by atoms with Crippen molar-refractivity contribution in [1.82, 2.24) is 10.2 Å². The molecule has 0 aromatic carbocycles. The molecular weight excluding hydrogens is 241 g/mol. The monoisotopic (exact) mass is 268 g/mol. The van der Waals surface area contributed by atoms with E-state index in [0.717, 1.165) is 25.8 Å². The molecule has 0 aliphatic heterocycles. The third-order valence-corrected chi connectivity index (χ3v) is 3.55. The van der Waals surface area contributed by atoms with Crippen molar-refractivity contribution in [3.05, 3.63) is 0 Å². The molecule has 0 fully saturated rings. The van der Waals surface area contributed by atoms with Crippen LogP contribution in [0, 0.1) is 5.41 Å². The zero-order chi connectivity index (χ0) is 14.2. The minimum absolute atomic E-state index is 0.0603. The summed E-state index contributed by atoms with van der Waals surface area (Å²) in [7, 11) is 1.86. The first-order valence-electron chi connectivity index (χ1n) is 6.76. The van der Waals surface area contributed by atoms with Crippen molar-refractivity contribution >= 4 is 0 Å². The molecule has 0 amide bonds. The molecule has 0 aromatic rings. The summed E-state index contributed by atoms with van der Waals surface area (Å²) in [6.45, 7) is 7.00. The highest BCUT2D eigenvalue weighted by atomic mass is 19.4. The lowest BCUT2D eigenvalue weighted by Gasteiger charge is -2.37. The van der Waals surface area contributed by atoms with Gasteiger partial charge < -0.3 is 5.32 Å². The molecule has 0 aliphatic carbocycles. The van der Waals surface area contributed by atoms with Gasteiger partial charge in [0.2, 0.25) is 0 Å². The van der Waals surface area contributed by atoms with Crippen LogP contribution in [0.1, 0.15) is 40.0 Å². The van der Waals surface area contributed by atoms with Crippen LogP contribution >= 0.6 is 0 Å². The zero-order valence-corrected chi connectivity index (χ0v) is 12.0. The lowest BCUT2D eigenvalue weighted by Crippen LogP contribution is -2.46. The van der Waals surface area contributed by atoms with Gasteiger partial charge in [0.25, 0.3) is 0 Å². The molecule has 110 valence electrons. The Bertz CT molecular complexity index is 213. The Balaban J connectivity index is 4.69. The SMILES string of the molecule is CCCN(CC(F)(F)F)CC(CC)(CC)CNC. The molecule has 0 aliphatic rings. The standard InChI is InChI=1S/C13H27F3N2/c1-5-8-18(11-13(14,15)16)10-12(6-2,7-3)9-17-4/h17H,5-11H2,1-4H3. The van der Waals surface area contributed by atoms with Crippen molar-refractivity contribution in [2.75, 3.05) is 33.2 Å². The van der Waals surface area contributed by atoms with Crippen LogP contribution in [-0.4, -0.2) is 44.3 Å². The fourth-order valence-corrected chi connectivity index (χ4v) is 2.41. The maximum atomic E-state index is 12.5. The first kappa shape index (κ1) is 17.7. The number of rotatable bonds is 9. The predicted molar refractivity (Wildman–Crippen MR) is 69.7 cm³/mol. The van der Waals surface area contributed by atoms with Crippen LogP contribution in [-0.2, 0) is 0 Å². The normalized spacial score (nSPS) is 13.3. The number of hydrogen-bond acceptors (Lipinski definition) is 2. The quantitative estimate of drug-likeness (QED) is 0.690. The molecule has 0 saturated carbocycles. The van der Waals surface area contributed by atoms with Gasteiger partial charge in [0.1, 0.15) is 0 Å². The number of nitrogens with one attached hydrogen (secondary N) is 1. The highest BCUT2D eigenvalue weighted by Crippen LogP contribution is 2.28. The molecule has 0 bridgehead atoms. The van der Waals surface area contributed by atoms with E-state index in [-0.39, 0.29) is 5.41 Å². The molecule has 0 rings (SSSR count). The summed E-state index contributed by atoms with van der Waals surface area (Å²) in [5.74, 6) is 0. The largest absolute Gasteiger partial charge is 0.401 e. The molecule has 0 radical (unpaired) electrons. The van der Waals surface area contributed by atoms with Crippen molar-refractivity contribution in [3.63, 3.8) is 0 Å². The van der Waals surface area contributed by atoms with E-state index < -0.39 is 12.7 Å². The first-order valence-corrected chi connectivity index (χ1v) is 6.76. The van der Waals surface area contributed by atoms with E-state index in [9.17, 15) is 13.2 Å². The average Bonchev–Trinajstić information content (AvgIpc) is 2.26. The van der Waals surface area contributed by atoms with Gasteiger partial charge in [0, 0.05) is 13.1 Å². The lowest BCUT2D eigenvalue weighted by molar-refractivity contribution is -0.149. The number of hydrogen-bond donors (Lipinski definition) is 1. The topological polar surface area (TPSA) is 15.3 Å². The second kappa shape index (κ2) is 8.00. The Hall–Kier alpha value is -0.290. The summed E-state index contributed by atoms with van der Waals surface area (Å²) in [4.78, 5) is 1.55. The molecule has 0 heterocycles. The number of alkyl halides is 3. The van der Waals surface area contributed by atoms with Gasteiger partial charge in [-0.15, -0.1) is 0 Å². The Morgan fingerprint density at radius 1 is 1.00 bits per heavy atom. The fraction of sp³-hybridized carbons (Fsp3) is 1.00. The van der Waals surface area contributed by atoms with Crippen molar-refractivity contribution in [1.29, 1.82) is 0 Å². The molecule has 5 heteroatoms. The van der Waals surface area contributed by atoms with Gasteiger partial charge in [-0.3, -0.25) is 4.90 Å². The summed E-state index contributed by atoms with van der Waals surface area (Å²) in [5.41, 5.74) is -0.0603. The summed E-state index contributed by atoms with van der Waals surface area (Å²) < 4.78 is 37.6. The first-order chi connectivity index (χ1) is 8.32. The fourth-order valence-electron chi connectivity index (χ4n) is 2.41. The third-order valence-electron chi connectivity index (χ3n) is 3.55. The minimum atomic E-state index is -4.11. The molecule has 0 unspecified atom stereocenters. The molecule has 0 atom stereocenters. The zero-order valence-electron chi connectivity index (χ0n) is 12.0. The second-order valence-electron chi connectivity index (χ2n) is 5.06. The van der Waals surface area contributed by atoms with E-state index in [1.807, 2.05) is 14.0 Å². The van der Waals surface area contributed by atoms with Gasteiger partial charge in [-0.2, -0.15) is 13.2 Å². The average molecular weight is 268 g/mol. The van der Waals surface area contributed by atoms with Crippen LogP contribution < -0.4 is 5.32 Å². The Morgan fingerprint density at radius 3 is 1.89 bits per heavy atom. The molecule has 1 N–H and O–H groups in total. The van der Waals surface area contributed by atoms with E-state index in [1.165, 1.54) is 0 Å². The molecule has 18 heavy (non-hydrogen) atoms. The van der Waals surface area contributed by atoms with Gasteiger partial charge in [0.05, 0.1) is 6.54 Å². The third kappa shape index (κ3) is 6.59. The highest BCUT2D eigenvalue weighted by Gasteiger charge is 2.34. The van der Waals surface area contributed by atoms with Crippen molar-refractivity contribution in [2.24, 2.45) is 5.41 Å². The Labute approximate surface area is 109 Å². The van der Waals surface area contributed by atoms with Crippen LogP contribution in [0.3, 0.4) is 0 Å². The van der Waals surface area contributed by atoms with Crippen molar-refractivity contribution in [2.45, 2.75) is 46.2 Å². The molecule has 0 aromatic heterocycles. The number of halogens is 3. The van der Waals surface area contributed by atoms with E-state index in [4.69, 9.17) is 0 Å². The lowest BCUT2D eigenvalue weighted by atomic mass is 9.81. The minimum Gasteiger partial charge on any atom is -0.319 e. The van der Waals surface area contributed by atoms with Crippen LogP contribution in [0.2, 0.25) is 0 Å². The summed E-state index contributed by atoms with van der Waals surface area (Å²) in [6.07, 6.45) is -1.58. The van der Waals surface area contributed by atoms with E-state index >= 15 is 0 Å². The molecule has 2 nitrogen and oxygen atoms in total. The van der Waals surface area contributed by atoms with Gasteiger partial charge in [-0.25, -0.2) is 0 Å². The maximum absolute atomic E-state index is 12.5. The van der Waals surface area contributed by atoms with Crippen LogP contribution in [0.4, 0.5) is 13.2 Å². The second-order valence-corrected chi connectivity index (χ2v) is 5.06. The van der Waals surface area contributed by atoms with Gasteiger partial charge >= 0.3 is 6.18 Å². The van der Waals surface area contributed by atoms with Crippen LogP contribution in [0.5, 0.6) is 0 Å². The molecular formula is C13H27F3N2.